The van der Waals surface area contributed by atoms with Gasteiger partial charge in [0, 0.05) is 5.56 Å². The number of ketones is 1. The molecule has 0 fully saturated rings. The minimum Gasteiger partial charge on any atom is -0.497 e. The summed E-state index contributed by atoms with van der Waals surface area (Å²) in [6.45, 7) is -0.465. The van der Waals surface area contributed by atoms with Gasteiger partial charge in [-0.2, -0.15) is 0 Å². The second-order valence-corrected chi connectivity index (χ2v) is 7.13. The van der Waals surface area contributed by atoms with Crippen LogP contribution in [-0.2, 0) is 4.74 Å². The monoisotopic (exact) mass is 445 g/mol. The number of carbonyl (C=O) groups is 4. The van der Waals surface area contributed by atoms with Crippen LogP contribution >= 0.6 is 0 Å². The SMILES string of the molecule is COc1ccc(C(=O)COC(=O)c2ccc3c(c2)C(=O)N(c2ccc(OC)cc2)C3=O)cc1. The van der Waals surface area contributed by atoms with E-state index in [1.165, 1.54) is 32.4 Å². The van der Waals surface area contributed by atoms with E-state index in [1.807, 2.05) is 0 Å². The Labute approximate surface area is 189 Å². The second-order valence-electron chi connectivity index (χ2n) is 7.13. The highest BCUT2D eigenvalue weighted by atomic mass is 16.5. The number of benzene rings is 3. The highest BCUT2D eigenvalue weighted by Crippen LogP contribution is 2.30. The van der Waals surface area contributed by atoms with Gasteiger partial charge < -0.3 is 14.2 Å². The third-order valence-corrected chi connectivity index (χ3v) is 5.20. The van der Waals surface area contributed by atoms with Crippen LogP contribution in [-0.4, -0.2) is 44.4 Å². The van der Waals surface area contributed by atoms with Gasteiger partial charge in [-0.25, -0.2) is 9.69 Å². The van der Waals surface area contributed by atoms with Crippen LogP contribution in [0.15, 0.2) is 66.7 Å². The predicted octanol–water partition coefficient (Wildman–Crippen LogP) is 3.54. The van der Waals surface area contributed by atoms with E-state index in [0.29, 0.717) is 22.7 Å². The first-order valence-corrected chi connectivity index (χ1v) is 9.94. The largest absolute Gasteiger partial charge is 0.497 e. The molecule has 3 aromatic rings. The molecule has 0 atom stereocenters. The molecule has 1 aliphatic heterocycles. The van der Waals surface area contributed by atoms with Crippen LogP contribution in [0.4, 0.5) is 5.69 Å². The van der Waals surface area contributed by atoms with Crippen molar-refractivity contribution in [2.24, 2.45) is 0 Å². The average molecular weight is 445 g/mol. The first kappa shape index (κ1) is 21.8. The molecular weight excluding hydrogens is 426 g/mol. The number of rotatable bonds is 7. The van der Waals surface area contributed by atoms with Crippen molar-refractivity contribution in [2.45, 2.75) is 0 Å². The van der Waals surface area contributed by atoms with Crippen LogP contribution in [0.2, 0.25) is 0 Å². The summed E-state index contributed by atoms with van der Waals surface area (Å²) in [5.74, 6) is -1.01. The Kier molecular flexibility index (Phi) is 5.91. The molecule has 0 bridgehead atoms. The molecule has 0 saturated carbocycles. The molecule has 0 N–H and O–H groups in total. The Bertz CT molecular complexity index is 1250. The van der Waals surface area contributed by atoms with E-state index in [0.717, 1.165) is 4.90 Å². The molecule has 1 heterocycles. The van der Waals surface area contributed by atoms with Crippen molar-refractivity contribution in [3.05, 3.63) is 89.0 Å². The molecule has 0 spiro atoms. The zero-order valence-corrected chi connectivity index (χ0v) is 17.9. The number of ether oxygens (including phenoxy) is 3. The second kappa shape index (κ2) is 8.96. The molecule has 3 aromatic carbocycles. The molecule has 166 valence electrons. The van der Waals surface area contributed by atoms with Gasteiger partial charge in [0.05, 0.1) is 36.6 Å². The fourth-order valence-corrected chi connectivity index (χ4v) is 3.41. The van der Waals surface area contributed by atoms with Gasteiger partial charge in [0.2, 0.25) is 0 Å². The van der Waals surface area contributed by atoms with E-state index >= 15 is 0 Å². The highest BCUT2D eigenvalue weighted by molar-refractivity contribution is 6.34. The third kappa shape index (κ3) is 4.18. The Morgan fingerprint density at radius 3 is 1.88 bits per heavy atom. The molecule has 0 radical (unpaired) electrons. The van der Waals surface area contributed by atoms with Crippen LogP contribution in [0, 0.1) is 0 Å². The minimum atomic E-state index is -0.775. The maximum absolute atomic E-state index is 12.9. The van der Waals surface area contributed by atoms with Crippen molar-refractivity contribution in [1.82, 2.24) is 0 Å². The average Bonchev–Trinajstić information content (AvgIpc) is 3.11. The Hall–Kier alpha value is -4.46. The summed E-state index contributed by atoms with van der Waals surface area (Å²) in [5, 5.41) is 0. The van der Waals surface area contributed by atoms with E-state index in [-0.39, 0.29) is 22.5 Å². The number of amides is 2. The predicted molar refractivity (Wildman–Crippen MR) is 118 cm³/mol. The Balaban J connectivity index is 1.47. The maximum Gasteiger partial charge on any atom is 0.338 e. The number of esters is 1. The summed E-state index contributed by atoms with van der Waals surface area (Å²) in [4.78, 5) is 51.4. The molecule has 0 aliphatic carbocycles. The molecule has 4 rings (SSSR count). The van der Waals surface area contributed by atoms with Gasteiger partial charge in [-0.1, -0.05) is 0 Å². The highest BCUT2D eigenvalue weighted by Gasteiger charge is 2.37. The van der Waals surface area contributed by atoms with Gasteiger partial charge in [-0.15, -0.1) is 0 Å². The molecule has 8 heteroatoms. The summed E-state index contributed by atoms with van der Waals surface area (Å²) in [5.41, 5.74) is 1.09. The number of anilines is 1. The minimum absolute atomic E-state index is 0.0639. The van der Waals surface area contributed by atoms with E-state index in [9.17, 15) is 19.2 Å². The number of imide groups is 1. The molecule has 0 aromatic heterocycles. The van der Waals surface area contributed by atoms with Gasteiger partial charge in [0.15, 0.2) is 12.4 Å². The lowest BCUT2D eigenvalue weighted by Crippen LogP contribution is -2.29. The van der Waals surface area contributed by atoms with Crippen LogP contribution in [0.3, 0.4) is 0 Å². The lowest BCUT2D eigenvalue weighted by atomic mass is 10.1. The van der Waals surface area contributed by atoms with Crippen molar-refractivity contribution in [3.63, 3.8) is 0 Å². The summed E-state index contributed by atoms with van der Waals surface area (Å²) in [7, 11) is 3.03. The molecule has 0 saturated heterocycles. The van der Waals surface area contributed by atoms with E-state index in [1.54, 1.807) is 48.5 Å². The summed E-state index contributed by atoms with van der Waals surface area (Å²) >= 11 is 0. The quantitative estimate of drug-likeness (QED) is 0.312. The zero-order valence-electron chi connectivity index (χ0n) is 17.9. The van der Waals surface area contributed by atoms with Crippen LogP contribution in [0.5, 0.6) is 11.5 Å². The van der Waals surface area contributed by atoms with Crippen molar-refractivity contribution in [1.29, 1.82) is 0 Å². The summed E-state index contributed by atoms with van der Waals surface area (Å²) in [6.07, 6.45) is 0. The van der Waals surface area contributed by atoms with Crippen molar-refractivity contribution in [2.75, 3.05) is 25.7 Å². The molecular formula is C25H19NO7. The van der Waals surface area contributed by atoms with Crippen LogP contribution in [0.1, 0.15) is 41.4 Å². The van der Waals surface area contributed by atoms with Crippen molar-refractivity contribution < 1.29 is 33.4 Å². The number of fused-ring (bicyclic) bond motifs is 1. The maximum atomic E-state index is 12.9. The number of Topliss-reactive ketones (excluding diaryl/α,β-unsaturated/α-hetero) is 1. The first-order valence-electron chi connectivity index (χ1n) is 9.94. The van der Waals surface area contributed by atoms with Crippen LogP contribution in [0.25, 0.3) is 0 Å². The van der Waals surface area contributed by atoms with E-state index in [2.05, 4.69) is 0 Å². The Morgan fingerprint density at radius 1 is 0.727 bits per heavy atom. The zero-order chi connectivity index (χ0) is 23.5. The smallest absolute Gasteiger partial charge is 0.338 e. The molecule has 8 nitrogen and oxygen atoms in total. The fourth-order valence-electron chi connectivity index (χ4n) is 3.41. The number of carbonyl (C=O) groups excluding carboxylic acids is 4. The molecule has 0 unspecified atom stereocenters. The molecule has 1 aliphatic rings. The summed E-state index contributed by atoms with van der Waals surface area (Å²) in [6, 6.07) is 17.0. The van der Waals surface area contributed by atoms with E-state index in [4.69, 9.17) is 14.2 Å². The normalized spacial score (nSPS) is 12.4. The van der Waals surface area contributed by atoms with Gasteiger partial charge in [-0.3, -0.25) is 14.4 Å². The first-order chi connectivity index (χ1) is 15.9. The van der Waals surface area contributed by atoms with Gasteiger partial charge in [0.25, 0.3) is 11.8 Å². The summed E-state index contributed by atoms with van der Waals surface area (Å²) < 4.78 is 15.3. The lowest BCUT2D eigenvalue weighted by molar-refractivity contribution is 0.0474. The van der Waals surface area contributed by atoms with E-state index < -0.39 is 24.4 Å². The molecule has 2 amide bonds. The number of nitrogens with zero attached hydrogens (tertiary/aromatic N) is 1. The van der Waals surface area contributed by atoms with Crippen molar-refractivity contribution >= 4 is 29.3 Å². The van der Waals surface area contributed by atoms with Crippen LogP contribution < -0.4 is 14.4 Å². The fraction of sp³-hybridized carbons (Fsp3) is 0.120. The number of methoxy groups -OCH3 is 2. The molecule has 33 heavy (non-hydrogen) atoms. The van der Waals surface area contributed by atoms with Crippen molar-refractivity contribution in [3.8, 4) is 11.5 Å². The van der Waals surface area contributed by atoms with Gasteiger partial charge in [0.1, 0.15) is 11.5 Å². The number of hydrogen-bond acceptors (Lipinski definition) is 7. The lowest BCUT2D eigenvalue weighted by Gasteiger charge is -2.14. The topological polar surface area (TPSA) is 99.2 Å². The van der Waals surface area contributed by atoms with Gasteiger partial charge >= 0.3 is 5.97 Å². The number of hydrogen-bond donors (Lipinski definition) is 0. The standard InChI is InChI=1S/C25H19NO7/c1-31-18-8-3-15(4-9-18)22(27)14-33-25(30)16-5-12-20-21(13-16)24(29)26(23(20)28)17-6-10-19(32-2)11-7-17/h3-13H,14H2,1-2H3. The third-order valence-electron chi connectivity index (χ3n) is 5.20. The Morgan fingerprint density at radius 2 is 1.27 bits per heavy atom. The van der Waals surface area contributed by atoms with Gasteiger partial charge in [-0.05, 0) is 66.7 Å².